The van der Waals surface area contributed by atoms with Gasteiger partial charge in [0.05, 0.1) is 0 Å². The minimum absolute atomic E-state index is 0.314. The van der Waals surface area contributed by atoms with Gasteiger partial charge in [0.15, 0.2) is 0 Å². The molecule has 0 aromatic carbocycles. The first-order chi connectivity index (χ1) is 7.63. The van der Waals surface area contributed by atoms with Crippen molar-refractivity contribution >= 4 is 21.8 Å². The Kier molecular flexibility index (Phi) is 3.93. The van der Waals surface area contributed by atoms with Crippen molar-refractivity contribution in [1.29, 1.82) is 0 Å². The van der Waals surface area contributed by atoms with Crippen LogP contribution in [0.4, 0.5) is 0 Å². The van der Waals surface area contributed by atoms with Crippen LogP contribution in [-0.4, -0.2) is 17.3 Å². The lowest BCUT2D eigenvalue weighted by molar-refractivity contribution is -0.123. The second-order valence-corrected chi connectivity index (χ2v) is 6.42. The van der Waals surface area contributed by atoms with Crippen LogP contribution in [0.3, 0.4) is 0 Å². The third-order valence-corrected chi connectivity index (χ3v) is 4.78. The van der Waals surface area contributed by atoms with E-state index in [-0.39, 0.29) is 0 Å². The zero-order chi connectivity index (χ0) is 11.7. The van der Waals surface area contributed by atoms with E-state index in [1.165, 1.54) is 19.3 Å². The molecule has 3 heteroatoms. The fourth-order valence-electron chi connectivity index (χ4n) is 3.24. The van der Waals surface area contributed by atoms with Gasteiger partial charge in [0, 0.05) is 17.3 Å². The Labute approximate surface area is 107 Å². The monoisotopic (exact) mass is 287 g/mol. The van der Waals surface area contributed by atoms with Crippen LogP contribution in [0.15, 0.2) is 0 Å². The highest BCUT2D eigenvalue weighted by molar-refractivity contribution is 9.09. The number of halogens is 1. The predicted octanol–water partition coefficient (Wildman–Crippen LogP) is 2.96. The number of fused-ring (bicyclic) bond motifs is 1. The van der Waals surface area contributed by atoms with Crippen molar-refractivity contribution in [3.05, 3.63) is 0 Å². The van der Waals surface area contributed by atoms with Gasteiger partial charge in [0.25, 0.3) is 0 Å². The molecule has 92 valence electrons. The van der Waals surface area contributed by atoms with Crippen molar-refractivity contribution in [3.8, 4) is 0 Å². The third kappa shape index (κ3) is 2.61. The maximum atomic E-state index is 12.0. The number of nitrogens with one attached hydrogen (secondary N) is 1. The van der Waals surface area contributed by atoms with Crippen LogP contribution >= 0.6 is 15.9 Å². The van der Waals surface area contributed by atoms with Crippen molar-refractivity contribution < 1.29 is 4.79 Å². The van der Waals surface area contributed by atoms with E-state index < -0.39 is 0 Å². The minimum Gasteiger partial charge on any atom is -0.352 e. The van der Waals surface area contributed by atoms with E-state index in [4.69, 9.17) is 0 Å². The van der Waals surface area contributed by atoms with E-state index in [0.717, 1.165) is 23.6 Å². The van der Waals surface area contributed by atoms with E-state index in [1.54, 1.807) is 0 Å². The zero-order valence-electron chi connectivity index (χ0n) is 10.2. The first-order valence-corrected chi connectivity index (χ1v) is 7.62. The summed E-state index contributed by atoms with van der Waals surface area (Å²) < 4.78 is 0. The Morgan fingerprint density at radius 2 is 2.00 bits per heavy atom. The first-order valence-electron chi connectivity index (χ1n) is 6.49. The molecule has 0 radical (unpaired) electrons. The Morgan fingerprint density at radius 3 is 2.50 bits per heavy atom. The van der Waals surface area contributed by atoms with Gasteiger partial charge in [-0.05, 0) is 37.0 Å². The normalized spacial score (nSPS) is 33.6. The molecule has 0 spiro atoms. The maximum Gasteiger partial charge on any atom is 0.223 e. The van der Waals surface area contributed by atoms with Gasteiger partial charge in [-0.25, -0.2) is 0 Å². The molecule has 2 fully saturated rings. The average molecular weight is 288 g/mol. The number of hydrogen-bond donors (Lipinski definition) is 1. The number of rotatable bonds is 5. The molecule has 16 heavy (non-hydrogen) atoms. The molecule has 0 aromatic rings. The van der Waals surface area contributed by atoms with Crippen LogP contribution in [-0.2, 0) is 4.79 Å². The highest BCUT2D eigenvalue weighted by atomic mass is 79.9. The molecule has 2 aliphatic rings. The van der Waals surface area contributed by atoms with E-state index >= 15 is 0 Å². The van der Waals surface area contributed by atoms with Crippen LogP contribution in [0.2, 0.25) is 0 Å². The number of carbonyl (C=O) groups is 1. The number of hydrogen-bond acceptors (Lipinski definition) is 1. The maximum absolute atomic E-state index is 12.0. The van der Waals surface area contributed by atoms with Crippen molar-refractivity contribution in [2.45, 2.75) is 45.6 Å². The van der Waals surface area contributed by atoms with E-state index in [0.29, 0.717) is 23.8 Å². The Morgan fingerprint density at radius 1 is 1.38 bits per heavy atom. The SMILES string of the molecule is CC(C)CC(CBr)NC(=O)C1C2CCCC21. The van der Waals surface area contributed by atoms with Gasteiger partial charge in [-0.2, -0.15) is 0 Å². The Bertz CT molecular complexity index is 257. The Balaban J connectivity index is 1.78. The number of alkyl halides is 1. The molecule has 0 aromatic heterocycles. The van der Waals surface area contributed by atoms with Gasteiger partial charge < -0.3 is 5.32 Å². The summed E-state index contributed by atoms with van der Waals surface area (Å²) in [6, 6.07) is 0.314. The summed E-state index contributed by atoms with van der Waals surface area (Å²) in [6.45, 7) is 4.40. The summed E-state index contributed by atoms with van der Waals surface area (Å²) in [7, 11) is 0. The van der Waals surface area contributed by atoms with E-state index in [9.17, 15) is 4.79 Å². The topological polar surface area (TPSA) is 29.1 Å². The second kappa shape index (κ2) is 5.07. The third-order valence-electron chi connectivity index (χ3n) is 4.00. The lowest BCUT2D eigenvalue weighted by Crippen LogP contribution is -2.38. The van der Waals surface area contributed by atoms with E-state index in [2.05, 4.69) is 35.1 Å². The van der Waals surface area contributed by atoms with Gasteiger partial charge in [0.1, 0.15) is 0 Å². The molecular weight excluding hydrogens is 266 g/mol. The molecule has 3 atom stereocenters. The molecule has 1 N–H and O–H groups in total. The first kappa shape index (κ1) is 12.4. The fraction of sp³-hybridized carbons (Fsp3) is 0.923. The molecule has 1 amide bonds. The van der Waals surface area contributed by atoms with Gasteiger partial charge in [-0.15, -0.1) is 0 Å². The molecule has 0 aliphatic heterocycles. The number of amides is 1. The standard InChI is InChI=1S/C13H22BrNO/c1-8(2)6-9(7-14)15-13(16)12-10-4-3-5-11(10)12/h8-12H,3-7H2,1-2H3,(H,15,16). The van der Waals surface area contributed by atoms with Crippen LogP contribution in [0, 0.1) is 23.7 Å². The summed E-state index contributed by atoms with van der Waals surface area (Å²) in [5, 5.41) is 4.08. The summed E-state index contributed by atoms with van der Waals surface area (Å²) in [6.07, 6.45) is 4.98. The Hall–Kier alpha value is -0.0500. The zero-order valence-corrected chi connectivity index (χ0v) is 11.8. The lowest BCUT2D eigenvalue weighted by atomic mass is 10.0. The second-order valence-electron chi connectivity index (χ2n) is 5.77. The molecule has 2 rings (SSSR count). The van der Waals surface area contributed by atoms with Crippen LogP contribution in [0.25, 0.3) is 0 Å². The number of carbonyl (C=O) groups excluding carboxylic acids is 1. The van der Waals surface area contributed by atoms with Gasteiger partial charge >= 0.3 is 0 Å². The molecule has 2 saturated carbocycles. The van der Waals surface area contributed by atoms with Crippen molar-refractivity contribution in [1.82, 2.24) is 5.32 Å². The van der Waals surface area contributed by atoms with Crippen LogP contribution in [0.5, 0.6) is 0 Å². The molecule has 0 saturated heterocycles. The minimum atomic E-state index is 0.314. The smallest absolute Gasteiger partial charge is 0.223 e. The molecule has 0 heterocycles. The molecule has 0 bridgehead atoms. The van der Waals surface area contributed by atoms with Gasteiger partial charge in [0.2, 0.25) is 5.91 Å². The molecular formula is C13H22BrNO. The van der Waals surface area contributed by atoms with Gasteiger partial charge in [-0.3, -0.25) is 4.79 Å². The average Bonchev–Trinajstić information content (AvgIpc) is 2.71. The largest absolute Gasteiger partial charge is 0.352 e. The van der Waals surface area contributed by atoms with E-state index in [1.807, 2.05) is 0 Å². The summed E-state index contributed by atoms with van der Waals surface area (Å²) in [4.78, 5) is 12.0. The molecule has 2 aliphatic carbocycles. The van der Waals surface area contributed by atoms with Crippen molar-refractivity contribution in [2.75, 3.05) is 5.33 Å². The predicted molar refractivity (Wildman–Crippen MR) is 69.5 cm³/mol. The lowest BCUT2D eigenvalue weighted by Gasteiger charge is -2.18. The molecule has 2 nitrogen and oxygen atoms in total. The fourth-order valence-corrected chi connectivity index (χ4v) is 3.66. The van der Waals surface area contributed by atoms with Crippen LogP contribution < -0.4 is 5.32 Å². The highest BCUT2D eigenvalue weighted by Crippen LogP contribution is 2.57. The summed E-state index contributed by atoms with van der Waals surface area (Å²) in [5.41, 5.74) is 0. The quantitative estimate of drug-likeness (QED) is 0.774. The molecule has 3 unspecified atom stereocenters. The summed E-state index contributed by atoms with van der Waals surface area (Å²) in [5.74, 6) is 2.79. The highest BCUT2D eigenvalue weighted by Gasteiger charge is 2.56. The van der Waals surface area contributed by atoms with Crippen LogP contribution in [0.1, 0.15) is 39.5 Å². The van der Waals surface area contributed by atoms with Crippen molar-refractivity contribution in [2.24, 2.45) is 23.7 Å². The van der Waals surface area contributed by atoms with Crippen molar-refractivity contribution in [3.63, 3.8) is 0 Å². The summed E-state index contributed by atoms with van der Waals surface area (Å²) >= 11 is 3.49. The van der Waals surface area contributed by atoms with Gasteiger partial charge in [-0.1, -0.05) is 36.2 Å².